The van der Waals surface area contributed by atoms with E-state index in [2.05, 4.69) is 5.16 Å². The molecule has 0 spiro atoms. The average Bonchev–Trinajstić information content (AvgIpc) is 2.39. The maximum atomic E-state index is 11.6. The van der Waals surface area contributed by atoms with Crippen LogP contribution in [0.4, 0.5) is 0 Å². The van der Waals surface area contributed by atoms with Gasteiger partial charge in [-0.05, 0) is 51.4 Å². The standard InChI is InChI=1S/C13H23NO4S/c1-19(16,17)13-4-2-3-12(9-13)18-11-7-5-10(14-15)6-8-11/h11-13,15H,2-9H2,1H3. The highest BCUT2D eigenvalue weighted by atomic mass is 32.2. The highest BCUT2D eigenvalue weighted by Gasteiger charge is 2.31. The minimum Gasteiger partial charge on any atom is -0.411 e. The summed E-state index contributed by atoms with van der Waals surface area (Å²) in [7, 11) is -2.94. The molecule has 2 saturated carbocycles. The van der Waals surface area contributed by atoms with Gasteiger partial charge in [0, 0.05) is 6.26 Å². The second kappa shape index (κ2) is 6.22. The van der Waals surface area contributed by atoms with Gasteiger partial charge >= 0.3 is 0 Å². The van der Waals surface area contributed by atoms with Gasteiger partial charge in [0.05, 0.1) is 23.2 Å². The number of rotatable bonds is 3. The Labute approximate surface area is 114 Å². The topological polar surface area (TPSA) is 76.0 Å². The zero-order valence-corrected chi connectivity index (χ0v) is 12.2. The summed E-state index contributed by atoms with van der Waals surface area (Å²) in [5.74, 6) is 0. The molecule has 0 radical (unpaired) electrons. The third-order valence-corrected chi connectivity index (χ3v) is 5.86. The van der Waals surface area contributed by atoms with Crippen LogP contribution in [-0.4, -0.2) is 43.1 Å². The van der Waals surface area contributed by atoms with Gasteiger partial charge in [-0.15, -0.1) is 0 Å². The smallest absolute Gasteiger partial charge is 0.150 e. The lowest BCUT2D eigenvalue weighted by Crippen LogP contribution is -2.35. The Morgan fingerprint density at radius 3 is 2.42 bits per heavy atom. The van der Waals surface area contributed by atoms with Gasteiger partial charge < -0.3 is 9.94 Å². The van der Waals surface area contributed by atoms with Crippen molar-refractivity contribution in [1.29, 1.82) is 0 Å². The summed E-state index contributed by atoms with van der Waals surface area (Å²) in [6, 6.07) is 0. The molecule has 0 aromatic carbocycles. The third kappa shape index (κ3) is 4.18. The maximum absolute atomic E-state index is 11.6. The first-order chi connectivity index (χ1) is 8.99. The third-order valence-electron chi connectivity index (χ3n) is 4.22. The fourth-order valence-corrected chi connectivity index (χ4v) is 4.21. The van der Waals surface area contributed by atoms with Gasteiger partial charge in [-0.25, -0.2) is 8.42 Å². The van der Waals surface area contributed by atoms with E-state index in [4.69, 9.17) is 9.94 Å². The molecule has 19 heavy (non-hydrogen) atoms. The van der Waals surface area contributed by atoms with Crippen LogP contribution >= 0.6 is 0 Å². The number of hydrogen-bond donors (Lipinski definition) is 1. The lowest BCUT2D eigenvalue weighted by atomic mass is 9.93. The molecule has 2 aliphatic carbocycles. The molecule has 2 atom stereocenters. The Hall–Kier alpha value is -0.620. The molecule has 110 valence electrons. The van der Waals surface area contributed by atoms with Crippen molar-refractivity contribution >= 4 is 15.5 Å². The van der Waals surface area contributed by atoms with Crippen LogP contribution in [0.3, 0.4) is 0 Å². The van der Waals surface area contributed by atoms with Crippen LogP contribution in [0, 0.1) is 0 Å². The first-order valence-electron chi connectivity index (χ1n) is 7.03. The lowest BCUT2D eigenvalue weighted by Gasteiger charge is -2.32. The van der Waals surface area contributed by atoms with Crippen LogP contribution in [0.25, 0.3) is 0 Å². The lowest BCUT2D eigenvalue weighted by molar-refractivity contribution is -0.0372. The molecule has 2 fully saturated rings. The summed E-state index contributed by atoms with van der Waals surface area (Å²) in [5, 5.41) is 11.7. The molecule has 2 unspecified atom stereocenters. The quantitative estimate of drug-likeness (QED) is 0.638. The van der Waals surface area contributed by atoms with Gasteiger partial charge in [0.2, 0.25) is 0 Å². The minimum atomic E-state index is -2.94. The van der Waals surface area contributed by atoms with E-state index < -0.39 is 9.84 Å². The van der Waals surface area contributed by atoms with Crippen LogP contribution in [0.2, 0.25) is 0 Å². The summed E-state index contributed by atoms with van der Waals surface area (Å²) in [6.45, 7) is 0. The largest absolute Gasteiger partial charge is 0.411 e. The first kappa shape index (κ1) is 14.8. The molecule has 2 aliphatic rings. The monoisotopic (exact) mass is 289 g/mol. The van der Waals surface area contributed by atoms with Gasteiger partial charge in [0.25, 0.3) is 0 Å². The molecule has 0 heterocycles. The Bertz CT molecular complexity index is 422. The summed E-state index contributed by atoms with van der Waals surface area (Å²) in [6.07, 6.45) is 8.19. The van der Waals surface area contributed by atoms with E-state index in [1.807, 2.05) is 0 Å². The van der Waals surface area contributed by atoms with Gasteiger partial charge in [0.1, 0.15) is 9.84 Å². The molecule has 2 rings (SSSR count). The number of ether oxygens (including phenoxy) is 1. The summed E-state index contributed by atoms with van der Waals surface area (Å²) >= 11 is 0. The van der Waals surface area contributed by atoms with E-state index in [-0.39, 0.29) is 17.5 Å². The van der Waals surface area contributed by atoms with E-state index in [1.165, 1.54) is 6.26 Å². The number of nitrogens with zero attached hydrogens (tertiary/aromatic N) is 1. The van der Waals surface area contributed by atoms with Crippen molar-refractivity contribution in [2.75, 3.05) is 6.26 Å². The highest BCUT2D eigenvalue weighted by Crippen LogP contribution is 2.29. The summed E-state index contributed by atoms with van der Waals surface area (Å²) < 4.78 is 29.3. The fourth-order valence-electron chi connectivity index (χ4n) is 3.05. The zero-order chi connectivity index (χ0) is 13.9. The Kier molecular flexibility index (Phi) is 4.84. The van der Waals surface area contributed by atoms with Crippen molar-refractivity contribution < 1.29 is 18.4 Å². The van der Waals surface area contributed by atoms with E-state index >= 15 is 0 Å². The molecular weight excluding hydrogens is 266 g/mol. The van der Waals surface area contributed by atoms with E-state index in [0.717, 1.165) is 50.7 Å². The molecular formula is C13H23NO4S. The van der Waals surface area contributed by atoms with Gasteiger partial charge in [-0.2, -0.15) is 0 Å². The Balaban J connectivity index is 1.83. The second-order valence-electron chi connectivity index (χ2n) is 5.74. The second-order valence-corrected chi connectivity index (χ2v) is 8.07. The van der Waals surface area contributed by atoms with Crippen LogP contribution < -0.4 is 0 Å². The molecule has 0 aromatic heterocycles. The van der Waals surface area contributed by atoms with Crippen molar-refractivity contribution in [3.63, 3.8) is 0 Å². The number of hydrogen-bond acceptors (Lipinski definition) is 5. The molecule has 0 saturated heterocycles. The van der Waals surface area contributed by atoms with Crippen molar-refractivity contribution in [2.45, 2.75) is 68.8 Å². The molecule has 6 heteroatoms. The predicted molar refractivity (Wildman–Crippen MR) is 73.5 cm³/mol. The van der Waals surface area contributed by atoms with Crippen molar-refractivity contribution in [1.82, 2.24) is 0 Å². The summed E-state index contributed by atoms with van der Waals surface area (Å²) in [4.78, 5) is 0. The van der Waals surface area contributed by atoms with Gasteiger partial charge in [-0.1, -0.05) is 5.16 Å². The van der Waals surface area contributed by atoms with Crippen molar-refractivity contribution in [2.24, 2.45) is 5.16 Å². The Morgan fingerprint density at radius 1 is 1.16 bits per heavy atom. The van der Waals surface area contributed by atoms with E-state index in [9.17, 15) is 8.42 Å². The highest BCUT2D eigenvalue weighted by molar-refractivity contribution is 7.91. The Morgan fingerprint density at radius 2 is 1.84 bits per heavy atom. The van der Waals surface area contributed by atoms with Crippen LogP contribution in [0.15, 0.2) is 5.16 Å². The van der Waals surface area contributed by atoms with Gasteiger partial charge in [-0.3, -0.25) is 0 Å². The minimum absolute atomic E-state index is 0.0751. The molecule has 5 nitrogen and oxygen atoms in total. The molecule has 0 aromatic rings. The fraction of sp³-hybridized carbons (Fsp3) is 0.923. The summed E-state index contributed by atoms with van der Waals surface area (Å²) in [5.41, 5.74) is 0.845. The maximum Gasteiger partial charge on any atom is 0.150 e. The van der Waals surface area contributed by atoms with Crippen LogP contribution in [0.5, 0.6) is 0 Å². The van der Waals surface area contributed by atoms with E-state index in [1.54, 1.807) is 0 Å². The molecule has 1 N–H and O–H groups in total. The molecule has 0 aliphatic heterocycles. The average molecular weight is 289 g/mol. The SMILES string of the molecule is CS(=O)(=O)C1CCCC(OC2CCC(=NO)CC2)C1. The molecule has 0 bridgehead atoms. The molecule has 0 amide bonds. The number of sulfone groups is 1. The predicted octanol–water partition coefficient (Wildman–Crippen LogP) is 2.13. The first-order valence-corrected chi connectivity index (χ1v) is 8.98. The van der Waals surface area contributed by atoms with Crippen LogP contribution in [0.1, 0.15) is 51.4 Å². The van der Waals surface area contributed by atoms with Crippen LogP contribution in [-0.2, 0) is 14.6 Å². The number of oxime groups is 1. The van der Waals surface area contributed by atoms with Gasteiger partial charge in [0.15, 0.2) is 0 Å². The normalized spacial score (nSPS) is 33.1. The zero-order valence-electron chi connectivity index (χ0n) is 11.4. The van der Waals surface area contributed by atoms with E-state index in [0.29, 0.717) is 6.42 Å². The van der Waals surface area contributed by atoms with Crippen molar-refractivity contribution in [3.05, 3.63) is 0 Å². The van der Waals surface area contributed by atoms with Crippen molar-refractivity contribution in [3.8, 4) is 0 Å².